The van der Waals surface area contributed by atoms with E-state index in [-0.39, 0.29) is 0 Å². The Balaban J connectivity index is 2.10. The van der Waals surface area contributed by atoms with Gasteiger partial charge in [-0.1, -0.05) is 42.5 Å². The summed E-state index contributed by atoms with van der Waals surface area (Å²) in [5, 5.41) is 11.4. The maximum absolute atomic E-state index is 10.4. The standard InChI is InChI=1S/C16H11NO/c18-16-12-7-3-2-6-11(12)15-13(16)9-10-5-1-4-8-14(10)17-15/h1-9,16,18H/t16-/m1/s1. The van der Waals surface area contributed by atoms with Gasteiger partial charge in [0.2, 0.25) is 0 Å². The third-order valence-corrected chi connectivity index (χ3v) is 3.56. The van der Waals surface area contributed by atoms with Gasteiger partial charge in [-0.25, -0.2) is 4.98 Å². The zero-order chi connectivity index (χ0) is 12.1. The number of rotatable bonds is 0. The summed E-state index contributed by atoms with van der Waals surface area (Å²) in [6.45, 7) is 0. The second kappa shape index (κ2) is 3.40. The quantitative estimate of drug-likeness (QED) is 0.646. The van der Waals surface area contributed by atoms with E-state index in [9.17, 15) is 5.11 Å². The molecular formula is C16H11NO. The lowest BCUT2D eigenvalue weighted by molar-refractivity contribution is 0.225. The molecule has 0 bridgehead atoms. The minimum Gasteiger partial charge on any atom is -0.384 e. The summed E-state index contributed by atoms with van der Waals surface area (Å²) in [5.74, 6) is 0. The first-order chi connectivity index (χ1) is 8.84. The molecular weight excluding hydrogens is 222 g/mol. The van der Waals surface area contributed by atoms with Crippen LogP contribution in [0, 0.1) is 0 Å². The molecule has 0 saturated carbocycles. The minimum atomic E-state index is -0.548. The summed E-state index contributed by atoms with van der Waals surface area (Å²) in [4.78, 5) is 4.69. The first-order valence-electron chi connectivity index (χ1n) is 6.01. The molecule has 2 heteroatoms. The van der Waals surface area contributed by atoms with Crippen LogP contribution in [0.4, 0.5) is 0 Å². The SMILES string of the molecule is O[C@@H]1c2ccccc2-c2nc3ccccc3cc21. The Bertz CT molecular complexity index is 764. The summed E-state index contributed by atoms with van der Waals surface area (Å²) >= 11 is 0. The van der Waals surface area contributed by atoms with Crippen LogP contribution in [0.25, 0.3) is 22.2 Å². The van der Waals surface area contributed by atoms with Crippen molar-refractivity contribution in [2.24, 2.45) is 0 Å². The van der Waals surface area contributed by atoms with Crippen molar-refractivity contribution in [3.63, 3.8) is 0 Å². The highest BCUT2D eigenvalue weighted by Crippen LogP contribution is 2.42. The molecule has 0 amide bonds. The lowest BCUT2D eigenvalue weighted by atomic mass is 10.1. The number of nitrogens with zero attached hydrogens (tertiary/aromatic N) is 1. The number of aromatic nitrogens is 1. The zero-order valence-electron chi connectivity index (χ0n) is 9.67. The Hall–Kier alpha value is -2.19. The predicted molar refractivity (Wildman–Crippen MR) is 71.2 cm³/mol. The van der Waals surface area contributed by atoms with Gasteiger partial charge in [0.05, 0.1) is 11.2 Å². The summed E-state index contributed by atoms with van der Waals surface area (Å²) < 4.78 is 0. The Morgan fingerprint density at radius 3 is 2.61 bits per heavy atom. The van der Waals surface area contributed by atoms with E-state index >= 15 is 0 Å². The number of hydrogen-bond donors (Lipinski definition) is 1. The topological polar surface area (TPSA) is 33.1 Å². The molecule has 0 saturated heterocycles. The van der Waals surface area contributed by atoms with Gasteiger partial charge in [-0.05, 0) is 17.7 Å². The minimum absolute atomic E-state index is 0.548. The molecule has 1 aromatic heterocycles. The van der Waals surface area contributed by atoms with E-state index in [1.165, 1.54) is 0 Å². The highest BCUT2D eigenvalue weighted by molar-refractivity contribution is 5.86. The van der Waals surface area contributed by atoms with Gasteiger partial charge in [0, 0.05) is 16.5 Å². The second-order valence-electron chi connectivity index (χ2n) is 4.61. The van der Waals surface area contributed by atoms with Gasteiger partial charge in [-0.15, -0.1) is 0 Å². The van der Waals surface area contributed by atoms with E-state index in [1.54, 1.807) is 0 Å². The average molecular weight is 233 g/mol. The molecule has 1 N–H and O–H groups in total. The molecule has 2 aromatic carbocycles. The maximum Gasteiger partial charge on any atom is 0.107 e. The van der Waals surface area contributed by atoms with Crippen LogP contribution >= 0.6 is 0 Å². The molecule has 0 radical (unpaired) electrons. The number of fused-ring (bicyclic) bond motifs is 4. The van der Waals surface area contributed by atoms with E-state index < -0.39 is 6.10 Å². The maximum atomic E-state index is 10.4. The Kier molecular flexibility index (Phi) is 1.85. The van der Waals surface area contributed by atoms with Gasteiger partial charge in [-0.2, -0.15) is 0 Å². The first kappa shape index (κ1) is 9.80. The smallest absolute Gasteiger partial charge is 0.107 e. The molecule has 1 atom stereocenters. The van der Waals surface area contributed by atoms with E-state index in [1.807, 2.05) is 54.6 Å². The normalized spacial score (nSPS) is 16.6. The fraction of sp³-hybridized carbons (Fsp3) is 0.0625. The van der Waals surface area contributed by atoms with Crippen LogP contribution in [-0.2, 0) is 0 Å². The van der Waals surface area contributed by atoms with Crippen LogP contribution in [-0.4, -0.2) is 10.1 Å². The van der Waals surface area contributed by atoms with E-state index in [0.717, 1.165) is 33.3 Å². The van der Waals surface area contributed by atoms with E-state index in [4.69, 9.17) is 0 Å². The molecule has 1 aliphatic carbocycles. The molecule has 0 unspecified atom stereocenters. The number of pyridine rings is 1. The average Bonchev–Trinajstić information content (AvgIpc) is 2.71. The van der Waals surface area contributed by atoms with Crippen molar-refractivity contribution in [1.29, 1.82) is 0 Å². The van der Waals surface area contributed by atoms with Crippen molar-refractivity contribution >= 4 is 10.9 Å². The molecule has 2 nitrogen and oxygen atoms in total. The number of para-hydroxylation sites is 1. The number of aliphatic hydroxyl groups is 1. The molecule has 3 aromatic rings. The molecule has 0 spiro atoms. The van der Waals surface area contributed by atoms with Crippen LogP contribution in [0.3, 0.4) is 0 Å². The van der Waals surface area contributed by atoms with Crippen LogP contribution in [0.2, 0.25) is 0 Å². The van der Waals surface area contributed by atoms with E-state index in [2.05, 4.69) is 4.98 Å². The lowest BCUT2D eigenvalue weighted by Gasteiger charge is -2.05. The highest BCUT2D eigenvalue weighted by atomic mass is 16.3. The Morgan fingerprint density at radius 2 is 1.67 bits per heavy atom. The van der Waals surface area contributed by atoms with Gasteiger partial charge in [0.15, 0.2) is 0 Å². The fourth-order valence-corrected chi connectivity index (χ4v) is 2.68. The number of benzene rings is 2. The van der Waals surface area contributed by atoms with Gasteiger partial charge in [-0.3, -0.25) is 0 Å². The van der Waals surface area contributed by atoms with E-state index in [0.29, 0.717) is 0 Å². The van der Waals surface area contributed by atoms with Crippen LogP contribution in [0.5, 0.6) is 0 Å². The van der Waals surface area contributed by atoms with Gasteiger partial charge in [0.25, 0.3) is 0 Å². The van der Waals surface area contributed by atoms with Gasteiger partial charge < -0.3 is 5.11 Å². The number of hydrogen-bond acceptors (Lipinski definition) is 2. The third kappa shape index (κ3) is 1.18. The summed E-state index contributed by atoms with van der Waals surface area (Å²) in [6, 6.07) is 18.0. The second-order valence-corrected chi connectivity index (χ2v) is 4.61. The predicted octanol–water partition coefficient (Wildman–Crippen LogP) is 3.30. The molecule has 0 aliphatic heterocycles. The lowest BCUT2D eigenvalue weighted by Crippen LogP contribution is -1.94. The molecule has 1 heterocycles. The summed E-state index contributed by atoms with van der Waals surface area (Å²) in [7, 11) is 0. The molecule has 0 fully saturated rings. The Labute approximate surface area is 105 Å². The van der Waals surface area contributed by atoms with Gasteiger partial charge in [0.1, 0.15) is 6.10 Å². The summed E-state index contributed by atoms with van der Waals surface area (Å²) in [5.41, 5.74) is 4.80. The van der Waals surface area contributed by atoms with Crippen molar-refractivity contribution in [3.8, 4) is 11.3 Å². The molecule has 86 valence electrons. The van der Waals surface area contributed by atoms with Crippen molar-refractivity contribution in [2.75, 3.05) is 0 Å². The monoisotopic (exact) mass is 233 g/mol. The largest absolute Gasteiger partial charge is 0.384 e. The third-order valence-electron chi connectivity index (χ3n) is 3.56. The van der Waals surface area contributed by atoms with Crippen molar-refractivity contribution in [1.82, 2.24) is 4.98 Å². The fourth-order valence-electron chi connectivity index (χ4n) is 2.68. The zero-order valence-corrected chi connectivity index (χ0v) is 9.67. The summed E-state index contributed by atoms with van der Waals surface area (Å²) in [6.07, 6.45) is -0.548. The Morgan fingerprint density at radius 1 is 0.889 bits per heavy atom. The van der Waals surface area contributed by atoms with Crippen LogP contribution in [0.1, 0.15) is 17.2 Å². The van der Waals surface area contributed by atoms with Crippen molar-refractivity contribution < 1.29 is 5.11 Å². The molecule has 18 heavy (non-hydrogen) atoms. The van der Waals surface area contributed by atoms with Crippen molar-refractivity contribution in [3.05, 3.63) is 65.7 Å². The number of aliphatic hydroxyl groups excluding tert-OH is 1. The van der Waals surface area contributed by atoms with Crippen LogP contribution < -0.4 is 0 Å². The van der Waals surface area contributed by atoms with Gasteiger partial charge >= 0.3 is 0 Å². The first-order valence-corrected chi connectivity index (χ1v) is 6.01. The van der Waals surface area contributed by atoms with Crippen molar-refractivity contribution in [2.45, 2.75) is 6.10 Å². The molecule has 4 rings (SSSR count). The van der Waals surface area contributed by atoms with Crippen LogP contribution in [0.15, 0.2) is 54.6 Å². The molecule has 1 aliphatic rings. The highest BCUT2D eigenvalue weighted by Gasteiger charge is 2.28.